The molecule has 162 valence electrons. The van der Waals surface area contributed by atoms with Crippen LogP contribution in [0.2, 0.25) is 0 Å². The minimum absolute atomic E-state index is 0.294. The van der Waals surface area contributed by atoms with Gasteiger partial charge in [0.1, 0.15) is 17.2 Å². The number of carbonyl (C=O) groups excluding carboxylic acids is 2. The number of imide groups is 1. The van der Waals surface area contributed by atoms with Crippen molar-refractivity contribution in [3.63, 3.8) is 0 Å². The molecule has 0 saturated carbocycles. The summed E-state index contributed by atoms with van der Waals surface area (Å²) in [5.41, 5.74) is 2.11. The molecule has 4 rings (SSSR count). The molecule has 0 radical (unpaired) electrons. The molecule has 6 nitrogen and oxygen atoms in total. The Morgan fingerprint density at radius 2 is 1.65 bits per heavy atom. The van der Waals surface area contributed by atoms with E-state index in [-0.39, 0.29) is 11.8 Å². The Balaban J connectivity index is 1.80. The Morgan fingerprint density at radius 1 is 0.968 bits per heavy atom. The summed E-state index contributed by atoms with van der Waals surface area (Å²) in [4.78, 5) is 30.7. The van der Waals surface area contributed by atoms with Crippen molar-refractivity contribution < 1.29 is 19.1 Å². The van der Waals surface area contributed by atoms with E-state index in [9.17, 15) is 9.59 Å². The van der Waals surface area contributed by atoms with Gasteiger partial charge >= 0.3 is 0 Å². The second kappa shape index (κ2) is 8.84. The van der Waals surface area contributed by atoms with Crippen LogP contribution in [0.25, 0.3) is 5.57 Å². The number of anilines is 1. The summed E-state index contributed by atoms with van der Waals surface area (Å²) in [6, 6.07) is 14.5. The van der Waals surface area contributed by atoms with Crippen molar-refractivity contribution in [2.45, 2.75) is 26.7 Å². The first kappa shape index (κ1) is 21.0. The Bertz CT molecular complexity index is 1000. The molecule has 0 aliphatic carbocycles. The van der Waals surface area contributed by atoms with Gasteiger partial charge < -0.3 is 14.4 Å². The maximum atomic E-state index is 13.7. The van der Waals surface area contributed by atoms with E-state index in [2.05, 4.69) is 11.8 Å². The number of carbonyl (C=O) groups is 2. The van der Waals surface area contributed by atoms with Crippen LogP contribution in [0.4, 0.5) is 5.69 Å². The molecule has 0 atom stereocenters. The van der Waals surface area contributed by atoms with Crippen molar-refractivity contribution in [1.29, 1.82) is 0 Å². The lowest BCUT2D eigenvalue weighted by atomic mass is 9.97. The fourth-order valence-corrected chi connectivity index (χ4v) is 4.20. The fraction of sp³-hybridized carbons (Fsp3) is 0.360. The highest BCUT2D eigenvalue weighted by Crippen LogP contribution is 2.39. The fourth-order valence-electron chi connectivity index (χ4n) is 4.20. The number of methoxy groups -OCH3 is 1. The minimum atomic E-state index is -0.323. The van der Waals surface area contributed by atoms with Crippen LogP contribution >= 0.6 is 0 Å². The quantitative estimate of drug-likeness (QED) is 0.659. The summed E-state index contributed by atoms with van der Waals surface area (Å²) in [7, 11) is 1.60. The van der Waals surface area contributed by atoms with Crippen molar-refractivity contribution >= 4 is 23.1 Å². The van der Waals surface area contributed by atoms with Gasteiger partial charge in [0, 0.05) is 13.1 Å². The van der Waals surface area contributed by atoms with Crippen LogP contribution in [0.1, 0.15) is 32.3 Å². The maximum absolute atomic E-state index is 13.7. The largest absolute Gasteiger partial charge is 0.497 e. The number of nitrogens with zero attached hydrogens (tertiary/aromatic N) is 2. The Kier molecular flexibility index (Phi) is 5.98. The van der Waals surface area contributed by atoms with Crippen LogP contribution in [0.3, 0.4) is 0 Å². The van der Waals surface area contributed by atoms with Gasteiger partial charge in [-0.1, -0.05) is 31.2 Å². The first-order valence-corrected chi connectivity index (χ1v) is 10.8. The van der Waals surface area contributed by atoms with Gasteiger partial charge in [-0.3, -0.25) is 9.59 Å². The Morgan fingerprint density at radius 3 is 2.29 bits per heavy atom. The van der Waals surface area contributed by atoms with Crippen LogP contribution in [0.15, 0.2) is 54.2 Å². The molecule has 31 heavy (non-hydrogen) atoms. The zero-order valence-electron chi connectivity index (χ0n) is 18.3. The predicted molar refractivity (Wildman–Crippen MR) is 120 cm³/mol. The summed E-state index contributed by atoms with van der Waals surface area (Å²) in [6.45, 7) is 6.07. The maximum Gasteiger partial charge on any atom is 0.282 e. The third kappa shape index (κ3) is 3.90. The topological polar surface area (TPSA) is 59.1 Å². The van der Waals surface area contributed by atoms with E-state index in [1.807, 2.05) is 43.3 Å². The first-order valence-electron chi connectivity index (χ1n) is 10.8. The molecule has 2 aromatic carbocycles. The van der Waals surface area contributed by atoms with Gasteiger partial charge in [0.15, 0.2) is 0 Å². The van der Waals surface area contributed by atoms with E-state index < -0.39 is 0 Å². The monoisotopic (exact) mass is 420 g/mol. The van der Waals surface area contributed by atoms with Crippen LogP contribution in [0.5, 0.6) is 11.5 Å². The van der Waals surface area contributed by atoms with Gasteiger partial charge in [0.25, 0.3) is 11.8 Å². The highest BCUT2D eigenvalue weighted by molar-refractivity contribution is 6.45. The van der Waals surface area contributed by atoms with Crippen molar-refractivity contribution in [2.24, 2.45) is 5.92 Å². The lowest BCUT2D eigenvalue weighted by Crippen LogP contribution is -2.38. The molecule has 0 bridgehead atoms. The van der Waals surface area contributed by atoms with Crippen molar-refractivity contribution in [3.05, 3.63) is 59.8 Å². The van der Waals surface area contributed by atoms with Gasteiger partial charge in [-0.2, -0.15) is 0 Å². The molecular formula is C25H28N2O4. The molecule has 2 amide bonds. The highest BCUT2D eigenvalue weighted by atomic mass is 16.5. The van der Waals surface area contributed by atoms with Crippen molar-refractivity contribution in [3.8, 4) is 11.5 Å². The Hall–Kier alpha value is -3.28. The van der Waals surface area contributed by atoms with E-state index in [0.717, 1.165) is 25.9 Å². The molecule has 1 saturated heterocycles. The normalized spacial score (nSPS) is 17.5. The van der Waals surface area contributed by atoms with Gasteiger partial charge in [0.05, 0.1) is 25.0 Å². The van der Waals surface area contributed by atoms with Crippen LogP contribution < -0.4 is 14.4 Å². The number of hydrogen-bond donors (Lipinski definition) is 0. The lowest BCUT2D eigenvalue weighted by Gasteiger charge is -2.32. The average Bonchev–Trinajstić information content (AvgIpc) is 3.05. The average molecular weight is 421 g/mol. The number of rotatable bonds is 6. The molecule has 1 fully saturated rings. The third-order valence-electron chi connectivity index (χ3n) is 5.94. The number of para-hydroxylation sites is 2. The summed E-state index contributed by atoms with van der Waals surface area (Å²) < 4.78 is 11.0. The second-order valence-corrected chi connectivity index (χ2v) is 7.97. The third-order valence-corrected chi connectivity index (χ3v) is 5.94. The van der Waals surface area contributed by atoms with E-state index in [1.165, 1.54) is 4.90 Å². The molecular weight excluding hydrogens is 392 g/mol. The number of amides is 2. The van der Waals surface area contributed by atoms with E-state index in [0.29, 0.717) is 46.5 Å². The summed E-state index contributed by atoms with van der Waals surface area (Å²) >= 11 is 0. The van der Waals surface area contributed by atoms with Gasteiger partial charge in [-0.15, -0.1) is 0 Å². The molecule has 2 aromatic rings. The zero-order valence-corrected chi connectivity index (χ0v) is 18.3. The standard InChI is InChI=1S/C25H28N2O4/c1-4-31-21-8-6-5-7-20(21)27-24(28)22(18-9-11-19(30-3)12-10-18)23(25(27)29)26-15-13-17(2)14-16-26/h5-12,17H,4,13-16H2,1-3H3. The highest BCUT2D eigenvalue weighted by Gasteiger charge is 2.43. The first-order chi connectivity index (χ1) is 15.0. The Labute approximate surface area is 183 Å². The van der Waals surface area contributed by atoms with Crippen molar-refractivity contribution in [2.75, 3.05) is 31.7 Å². The van der Waals surface area contributed by atoms with Gasteiger partial charge in [0.2, 0.25) is 0 Å². The van der Waals surface area contributed by atoms with Crippen LogP contribution in [0, 0.1) is 5.92 Å². The minimum Gasteiger partial charge on any atom is -0.497 e. The number of piperidine rings is 1. The molecule has 2 heterocycles. The molecule has 0 unspecified atom stereocenters. The van der Waals surface area contributed by atoms with E-state index >= 15 is 0 Å². The summed E-state index contributed by atoms with van der Waals surface area (Å²) in [6.07, 6.45) is 1.99. The number of likely N-dealkylation sites (tertiary alicyclic amines) is 1. The SMILES string of the molecule is CCOc1ccccc1N1C(=O)C(c2ccc(OC)cc2)=C(N2CCC(C)CC2)C1=O. The predicted octanol–water partition coefficient (Wildman–Crippen LogP) is 4.11. The van der Waals surface area contributed by atoms with Gasteiger partial charge in [-0.05, 0) is 55.5 Å². The molecule has 6 heteroatoms. The lowest BCUT2D eigenvalue weighted by molar-refractivity contribution is -0.120. The second-order valence-electron chi connectivity index (χ2n) is 7.97. The summed E-state index contributed by atoms with van der Waals surface area (Å²) in [5.74, 6) is 1.22. The molecule has 2 aliphatic rings. The van der Waals surface area contributed by atoms with E-state index in [4.69, 9.17) is 9.47 Å². The molecule has 0 spiro atoms. The van der Waals surface area contributed by atoms with Crippen LogP contribution in [-0.4, -0.2) is 43.5 Å². The summed E-state index contributed by atoms with van der Waals surface area (Å²) in [5, 5.41) is 0. The van der Waals surface area contributed by atoms with Crippen LogP contribution in [-0.2, 0) is 9.59 Å². The molecule has 0 N–H and O–H groups in total. The molecule has 2 aliphatic heterocycles. The number of benzene rings is 2. The number of hydrogen-bond acceptors (Lipinski definition) is 5. The smallest absolute Gasteiger partial charge is 0.282 e. The van der Waals surface area contributed by atoms with Crippen molar-refractivity contribution in [1.82, 2.24) is 4.90 Å². The van der Waals surface area contributed by atoms with E-state index in [1.54, 1.807) is 19.2 Å². The van der Waals surface area contributed by atoms with Gasteiger partial charge in [-0.25, -0.2) is 4.90 Å². The zero-order chi connectivity index (χ0) is 22.0. The number of ether oxygens (including phenoxy) is 2. The molecule has 0 aromatic heterocycles.